The lowest BCUT2D eigenvalue weighted by Gasteiger charge is -2.32. The number of halogens is 4. The van der Waals surface area contributed by atoms with Crippen molar-refractivity contribution >= 4 is 29.2 Å². The van der Waals surface area contributed by atoms with Crippen molar-refractivity contribution in [1.82, 2.24) is 26.0 Å². The molecule has 178 valence electrons. The maximum Gasteiger partial charge on any atom is 0.417 e. The van der Waals surface area contributed by atoms with Gasteiger partial charge in [-0.05, 0) is 25.0 Å². The smallest absolute Gasteiger partial charge is 0.355 e. The number of nitrogens with one attached hydrogen (secondary N) is 3. The fourth-order valence-corrected chi connectivity index (χ4v) is 3.94. The monoisotopic (exact) mass is 492 g/mol. The topological polar surface area (TPSA) is 103 Å². The number of amides is 2. The molecule has 0 bridgehead atoms. The molecule has 1 aliphatic rings. The van der Waals surface area contributed by atoms with Gasteiger partial charge in [0.05, 0.1) is 16.3 Å². The Balaban J connectivity index is 1.28. The van der Waals surface area contributed by atoms with Crippen molar-refractivity contribution in [2.24, 2.45) is 5.92 Å². The molecule has 0 unspecified atom stereocenters. The van der Waals surface area contributed by atoms with Crippen LogP contribution < -0.4 is 15.8 Å². The van der Waals surface area contributed by atoms with Crippen LogP contribution in [0.25, 0.3) is 11.3 Å². The van der Waals surface area contributed by atoms with Crippen LogP contribution in [0.4, 0.5) is 19.0 Å². The van der Waals surface area contributed by atoms with E-state index in [9.17, 15) is 22.8 Å². The van der Waals surface area contributed by atoms with Crippen molar-refractivity contribution in [3.05, 3.63) is 64.9 Å². The number of aromatic amines is 1. The van der Waals surface area contributed by atoms with Crippen LogP contribution in [0.3, 0.4) is 0 Å². The largest absolute Gasteiger partial charge is 0.417 e. The first-order chi connectivity index (χ1) is 16.2. The number of anilines is 1. The molecule has 1 aromatic carbocycles. The second kappa shape index (κ2) is 9.72. The fraction of sp³-hybridized carbons (Fsp3) is 0.273. The average molecular weight is 493 g/mol. The van der Waals surface area contributed by atoms with Crippen LogP contribution in [0.5, 0.6) is 0 Å². The number of H-pyrrole nitrogens is 1. The van der Waals surface area contributed by atoms with Crippen molar-refractivity contribution in [3.8, 4) is 11.3 Å². The molecule has 34 heavy (non-hydrogen) atoms. The minimum Gasteiger partial charge on any atom is -0.355 e. The lowest BCUT2D eigenvalue weighted by atomic mass is 9.96. The molecule has 1 fully saturated rings. The van der Waals surface area contributed by atoms with Gasteiger partial charge >= 0.3 is 6.18 Å². The third kappa shape index (κ3) is 5.30. The van der Waals surface area contributed by atoms with Crippen LogP contribution in [0.15, 0.2) is 48.7 Å². The molecule has 4 rings (SSSR count). The Morgan fingerprint density at radius 1 is 1.09 bits per heavy atom. The quantitative estimate of drug-likeness (QED) is 0.480. The summed E-state index contributed by atoms with van der Waals surface area (Å²) in [7, 11) is 0. The third-order valence-electron chi connectivity index (χ3n) is 5.51. The Morgan fingerprint density at radius 2 is 1.79 bits per heavy atom. The fourth-order valence-electron chi connectivity index (χ4n) is 3.65. The van der Waals surface area contributed by atoms with Crippen LogP contribution in [-0.2, 0) is 11.0 Å². The zero-order chi connectivity index (χ0) is 24.3. The van der Waals surface area contributed by atoms with Crippen LogP contribution in [-0.4, -0.2) is 40.1 Å². The molecule has 3 heterocycles. The van der Waals surface area contributed by atoms with E-state index in [-0.39, 0.29) is 28.4 Å². The number of hydrogen-bond donors (Lipinski definition) is 3. The van der Waals surface area contributed by atoms with E-state index in [1.54, 1.807) is 11.0 Å². The number of benzene rings is 1. The number of alkyl halides is 3. The first kappa shape index (κ1) is 23.6. The van der Waals surface area contributed by atoms with Crippen molar-refractivity contribution in [1.29, 1.82) is 0 Å². The lowest BCUT2D eigenvalue weighted by Crippen LogP contribution is -2.47. The molecule has 8 nitrogen and oxygen atoms in total. The number of hydrogen-bond acceptors (Lipinski definition) is 5. The molecule has 1 saturated heterocycles. The van der Waals surface area contributed by atoms with E-state index in [1.807, 2.05) is 30.3 Å². The lowest BCUT2D eigenvalue weighted by molar-refractivity contribution is -0.137. The number of rotatable bonds is 4. The maximum absolute atomic E-state index is 12.8. The number of carbonyl (C=O) groups excluding carboxylic acids is 2. The predicted molar refractivity (Wildman–Crippen MR) is 119 cm³/mol. The van der Waals surface area contributed by atoms with E-state index < -0.39 is 17.6 Å². The van der Waals surface area contributed by atoms with E-state index in [1.165, 1.54) is 0 Å². The third-order valence-corrected chi connectivity index (χ3v) is 5.78. The molecule has 12 heteroatoms. The molecule has 3 N–H and O–H groups in total. The number of piperidine rings is 1. The zero-order valence-electron chi connectivity index (χ0n) is 17.7. The van der Waals surface area contributed by atoms with Gasteiger partial charge in [-0.15, -0.1) is 0 Å². The Morgan fingerprint density at radius 3 is 2.44 bits per heavy atom. The summed E-state index contributed by atoms with van der Waals surface area (Å²) in [4.78, 5) is 30.4. The number of hydrazine groups is 1. The molecule has 2 amide bonds. The van der Waals surface area contributed by atoms with Gasteiger partial charge < -0.3 is 4.90 Å². The first-order valence-electron chi connectivity index (χ1n) is 10.4. The van der Waals surface area contributed by atoms with Gasteiger partial charge in [-0.3, -0.25) is 25.5 Å². The summed E-state index contributed by atoms with van der Waals surface area (Å²) < 4.78 is 38.4. The van der Waals surface area contributed by atoms with Crippen molar-refractivity contribution in [2.75, 3.05) is 18.0 Å². The van der Waals surface area contributed by atoms with Crippen molar-refractivity contribution in [2.45, 2.75) is 19.0 Å². The highest BCUT2D eigenvalue weighted by Crippen LogP contribution is 2.34. The molecule has 0 aliphatic carbocycles. The van der Waals surface area contributed by atoms with E-state index >= 15 is 0 Å². The van der Waals surface area contributed by atoms with Gasteiger partial charge in [0.1, 0.15) is 11.5 Å². The standard InChI is InChI=1S/C22H20ClF3N6O2/c23-16-10-15(22(24,25)26)12-27-19(16)32-8-6-14(7-9-32)20(33)30-31-21(34)18-11-17(28-29-18)13-4-2-1-3-5-13/h1-5,10-12,14H,6-9H2,(H,28,29)(H,30,33)(H,31,34). The first-order valence-corrected chi connectivity index (χ1v) is 10.8. The SMILES string of the molecule is O=C(NNC(=O)C1CCN(c2ncc(C(F)(F)F)cc2Cl)CC1)c1cc(-c2ccccc2)n[nH]1. The predicted octanol–water partition coefficient (Wildman–Crippen LogP) is 3.82. The Bertz CT molecular complexity index is 1180. The number of carbonyl (C=O) groups is 2. The highest BCUT2D eigenvalue weighted by molar-refractivity contribution is 6.33. The molecule has 0 spiro atoms. The van der Waals surface area contributed by atoms with Crippen molar-refractivity contribution in [3.63, 3.8) is 0 Å². The van der Waals surface area contributed by atoms with E-state index in [2.05, 4.69) is 26.0 Å². The minimum absolute atomic E-state index is 0.0978. The van der Waals surface area contributed by atoms with Crippen LogP contribution in [0, 0.1) is 5.92 Å². The maximum atomic E-state index is 12.8. The molecule has 0 atom stereocenters. The molecule has 1 aliphatic heterocycles. The summed E-state index contributed by atoms with van der Waals surface area (Å²) >= 11 is 6.01. The number of pyridine rings is 1. The van der Waals surface area contributed by atoms with Gasteiger partial charge in [0, 0.05) is 30.8 Å². The van der Waals surface area contributed by atoms with Gasteiger partial charge in [0.2, 0.25) is 5.91 Å². The van der Waals surface area contributed by atoms with E-state index in [4.69, 9.17) is 11.6 Å². The second-order valence-electron chi connectivity index (χ2n) is 7.76. The summed E-state index contributed by atoms with van der Waals surface area (Å²) in [6.45, 7) is 0.760. The van der Waals surface area contributed by atoms with Crippen LogP contribution in [0.1, 0.15) is 28.9 Å². The summed E-state index contributed by atoms with van der Waals surface area (Å²) in [5, 5.41) is 6.65. The summed E-state index contributed by atoms with van der Waals surface area (Å²) in [6, 6.07) is 11.7. The molecular weight excluding hydrogens is 473 g/mol. The Kier molecular flexibility index (Phi) is 6.73. The van der Waals surface area contributed by atoms with Crippen LogP contribution >= 0.6 is 11.6 Å². The average Bonchev–Trinajstić information content (AvgIpc) is 3.33. The molecule has 2 aromatic heterocycles. The normalized spacial score (nSPS) is 14.6. The van der Waals surface area contributed by atoms with E-state index in [0.29, 0.717) is 31.6 Å². The van der Waals surface area contributed by atoms with Gasteiger partial charge in [0.25, 0.3) is 5.91 Å². The van der Waals surface area contributed by atoms with E-state index in [0.717, 1.165) is 17.8 Å². The Labute approximate surface area is 197 Å². The summed E-state index contributed by atoms with van der Waals surface area (Å²) in [5.74, 6) is -1.04. The highest BCUT2D eigenvalue weighted by Gasteiger charge is 2.33. The zero-order valence-corrected chi connectivity index (χ0v) is 18.5. The van der Waals surface area contributed by atoms with Crippen LogP contribution in [0.2, 0.25) is 5.02 Å². The minimum atomic E-state index is -4.52. The molecule has 3 aromatic rings. The molecular formula is C22H20ClF3N6O2. The highest BCUT2D eigenvalue weighted by atomic mass is 35.5. The summed E-state index contributed by atoms with van der Waals surface area (Å²) in [5.41, 5.74) is 5.50. The van der Waals surface area contributed by atoms with Gasteiger partial charge in [-0.2, -0.15) is 18.3 Å². The van der Waals surface area contributed by atoms with Gasteiger partial charge in [0.15, 0.2) is 0 Å². The molecule has 0 radical (unpaired) electrons. The number of aromatic nitrogens is 3. The second-order valence-corrected chi connectivity index (χ2v) is 8.17. The molecule has 0 saturated carbocycles. The van der Waals surface area contributed by atoms with Gasteiger partial charge in [-0.25, -0.2) is 4.98 Å². The van der Waals surface area contributed by atoms with Crippen molar-refractivity contribution < 1.29 is 22.8 Å². The Hall–Kier alpha value is -3.60. The van der Waals surface area contributed by atoms with Gasteiger partial charge in [-0.1, -0.05) is 41.9 Å². The number of nitrogens with zero attached hydrogens (tertiary/aromatic N) is 3. The summed E-state index contributed by atoms with van der Waals surface area (Å²) in [6.07, 6.45) is -2.94.